The summed E-state index contributed by atoms with van der Waals surface area (Å²) in [4.78, 5) is 12.1. The number of carbonyl (C=O) groups excluding carboxylic acids is 1. The van der Waals surface area contributed by atoms with Gasteiger partial charge in [0.05, 0.1) is 6.10 Å². The van der Waals surface area contributed by atoms with Gasteiger partial charge in [0.1, 0.15) is 35.6 Å². The van der Waals surface area contributed by atoms with Crippen LogP contribution < -0.4 is 0 Å². The fraction of sp³-hybridized carbons (Fsp3) is 0.762. The van der Waals surface area contributed by atoms with Gasteiger partial charge in [-0.3, -0.25) is 0 Å². The Labute approximate surface area is 157 Å². The van der Waals surface area contributed by atoms with Gasteiger partial charge in [-0.15, -0.1) is 0 Å². The molecule has 0 radical (unpaired) electrons. The number of rotatable bonds is 1. The molecule has 144 valence electrons. The number of epoxide rings is 3. The van der Waals surface area contributed by atoms with Crippen molar-refractivity contribution in [2.45, 2.75) is 80.7 Å². The van der Waals surface area contributed by atoms with Crippen molar-refractivity contribution in [2.75, 3.05) is 6.61 Å². The lowest BCUT2D eigenvalue weighted by Crippen LogP contribution is -2.70. The lowest BCUT2D eigenvalue weighted by molar-refractivity contribution is -0.136. The summed E-state index contributed by atoms with van der Waals surface area (Å²) in [6.45, 7) is 11.1. The van der Waals surface area contributed by atoms with E-state index in [2.05, 4.69) is 27.4 Å². The Hall–Kier alpha value is -1.21. The molecule has 2 spiro atoms. The third-order valence-electron chi connectivity index (χ3n) is 9.22. The van der Waals surface area contributed by atoms with Crippen molar-refractivity contribution in [3.63, 3.8) is 0 Å². The Morgan fingerprint density at radius 2 is 2.00 bits per heavy atom. The molecule has 1 N–H and O–H groups in total. The van der Waals surface area contributed by atoms with E-state index in [0.717, 1.165) is 11.1 Å². The minimum Gasteiger partial charge on any atom is -0.458 e. The molecule has 7 aliphatic rings. The predicted molar refractivity (Wildman–Crippen MR) is 91.7 cm³/mol. The molecule has 6 nitrogen and oxygen atoms in total. The molecule has 3 aliphatic carbocycles. The number of carbonyl (C=O) groups is 1. The number of fused-ring (bicyclic) bond motifs is 4. The second-order valence-electron chi connectivity index (χ2n) is 10.0. The van der Waals surface area contributed by atoms with Crippen molar-refractivity contribution >= 4 is 5.97 Å². The summed E-state index contributed by atoms with van der Waals surface area (Å²) in [5.41, 5.74) is -0.882. The van der Waals surface area contributed by atoms with Crippen LogP contribution in [0, 0.1) is 11.3 Å². The highest BCUT2D eigenvalue weighted by atomic mass is 16.7. The SMILES string of the molecule is C=C1C2(C(C)C)OC2C2OC23C12OC2CC1(O)C2=C(CCC13C)C(=O)OC2. The second kappa shape index (κ2) is 3.80. The Morgan fingerprint density at radius 3 is 2.74 bits per heavy atom. The molecule has 4 aliphatic heterocycles. The lowest BCUT2D eigenvalue weighted by atomic mass is 9.44. The molecule has 2 saturated carbocycles. The van der Waals surface area contributed by atoms with Crippen LogP contribution in [-0.2, 0) is 23.7 Å². The number of esters is 1. The van der Waals surface area contributed by atoms with Crippen LogP contribution in [0.5, 0.6) is 0 Å². The van der Waals surface area contributed by atoms with Crippen LogP contribution in [0.2, 0.25) is 0 Å². The third-order valence-corrected chi connectivity index (χ3v) is 9.22. The van der Waals surface area contributed by atoms with Crippen LogP contribution in [0.4, 0.5) is 0 Å². The van der Waals surface area contributed by atoms with Gasteiger partial charge in [-0.2, -0.15) is 0 Å². The van der Waals surface area contributed by atoms with E-state index in [1.54, 1.807) is 0 Å². The molecule has 8 atom stereocenters. The predicted octanol–water partition coefficient (Wildman–Crippen LogP) is 1.41. The Morgan fingerprint density at radius 1 is 1.22 bits per heavy atom. The molecule has 0 aromatic rings. The van der Waals surface area contributed by atoms with Crippen molar-refractivity contribution < 1.29 is 28.8 Å². The average molecular weight is 372 g/mol. The van der Waals surface area contributed by atoms with E-state index in [-0.39, 0.29) is 36.5 Å². The molecule has 7 rings (SSSR count). The van der Waals surface area contributed by atoms with Gasteiger partial charge in [0, 0.05) is 23.0 Å². The van der Waals surface area contributed by atoms with Gasteiger partial charge in [0.2, 0.25) is 0 Å². The molecule has 6 heteroatoms. The smallest absolute Gasteiger partial charge is 0.334 e. The molecule has 5 fully saturated rings. The molecule has 3 saturated heterocycles. The fourth-order valence-corrected chi connectivity index (χ4v) is 7.68. The highest BCUT2D eigenvalue weighted by molar-refractivity contribution is 5.93. The standard InChI is InChI=1S/C21H24O6/c1-9(2)19-10(3)20-13(25-20)7-18(23)12-8-24-16(22)11(12)5-6-17(18,4)21(20)15(27-21)14(19)26-19/h9,13-15,23H,3,5-8H2,1-2,4H3. The Balaban J connectivity index is 1.43. The average Bonchev–Trinajstić information content (AvgIpc) is 3.49. The number of cyclic esters (lactones) is 1. The van der Waals surface area contributed by atoms with Gasteiger partial charge in [0.25, 0.3) is 0 Å². The van der Waals surface area contributed by atoms with Crippen molar-refractivity contribution in [3.05, 3.63) is 23.3 Å². The maximum atomic E-state index is 12.1. The summed E-state index contributed by atoms with van der Waals surface area (Å²) in [5.74, 6) is 0.0174. The van der Waals surface area contributed by atoms with Crippen LogP contribution in [0.25, 0.3) is 0 Å². The second-order valence-corrected chi connectivity index (χ2v) is 10.0. The van der Waals surface area contributed by atoms with Gasteiger partial charge in [-0.25, -0.2) is 4.79 Å². The molecule has 27 heavy (non-hydrogen) atoms. The normalized spacial score (nSPS) is 61.3. The molecule has 0 aromatic carbocycles. The summed E-state index contributed by atoms with van der Waals surface area (Å²) in [6, 6.07) is 0. The van der Waals surface area contributed by atoms with Crippen molar-refractivity contribution in [1.82, 2.24) is 0 Å². The van der Waals surface area contributed by atoms with Gasteiger partial charge < -0.3 is 24.1 Å². The van der Waals surface area contributed by atoms with Crippen molar-refractivity contribution in [2.24, 2.45) is 11.3 Å². The van der Waals surface area contributed by atoms with Crippen LogP contribution in [0.1, 0.15) is 40.0 Å². The number of aliphatic hydroxyl groups is 1. The molecule has 4 heterocycles. The summed E-state index contributed by atoms with van der Waals surface area (Å²) < 4.78 is 24.4. The van der Waals surface area contributed by atoms with Gasteiger partial charge in [-0.05, 0) is 24.3 Å². The zero-order chi connectivity index (χ0) is 18.8. The maximum absolute atomic E-state index is 12.1. The van der Waals surface area contributed by atoms with E-state index < -0.39 is 22.2 Å². The first kappa shape index (κ1) is 15.7. The van der Waals surface area contributed by atoms with Crippen LogP contribution >= 0.6 is 0 Å². The first-order valence-corrected chi connectivity index (χ1v) is 10.1. The van der Waals surface area contributed by atoms with Crippen LogP contribution in [-0.4, -0.2) is 58.4 Å². The molecular weight excluding hydrogens is 348 g/mol. The van der Waals surface area contributed by atoms with E-state index in [4.69, 9.17) is 18.9 Å². The molecule has 0 amide bonds. The number of ether oxygens (including phenoxy) is 4. The van der Waals surface area contributed by atoms with Crippen LogP contribution in [0.15, 0.2) is 23.3 Å². The molecule has 8 unspecified atom stereocenters. The van der Waals surface area contributed by atoms with E-state index in [0.29, 0.717) is 30.8 Å². The largest absolute Gasteiger partial charge is 0.458 e. The summed E-state index contributed by atoms with van der Waals surface area (Å²) in [6.07, 6.45) is 1.47. The van der Waals surface area contributed by atoms with E-state index in [9.17, 15) is 9.90 Å². The van der Waals surface area contributed by atoms with Crippen molar-refractivity contribution in [1.29, 1.82) is 0 Å². The van der Waals surface area contributed by atoms with Gasteiger partial charge >= 0.3 is 5.97 Å². The maximum Gasteiger partial charge on any atom is 0.334 e. The fourth-order valence-electron chi connectivity index (χ4n) is 7.68. The van der Waals surface area contributed by atoms with Gasteiger partial charge in [0.15, 0.2) is 5.60 Å². The lowest BCUT2D eigenvalue weighted by Gasteiger charge is -2.57. The molecule has 0 aromatic heterocycles. The van der Waals surface area contributed by atoms with Gasteiger partial charge in [-0.1, -0.05) is 27.4 Å². The summed E-state index contributed by atoms with van der Waals surface area (Å²) >= 11 is 0. The number of hydrogen-bond acceptors (Lipinski definition) is 6. The number of hydrogen-bond donors (Lipinski definition) is 1. The Bertz CT molecular complexity index is 906. The first-order chi connectivity index (χ1) is 12.7. The molecule has 0 bridgehead atoms. The monoisotopic (exact) mass is 372 g/mol. The highest BCUT2D eigenvalue weighted by Crippen LogP contribution is 2.84. The quantitative estimate of drug-likeness (QED) is 0.426. The van der Waals surface area contributed by atoms with Crippen molar-refractivity contribution in [3.8, 4) is 0 Å². The zero-order valence-corrected chi connectivity index (χ0v) is 15.8. The highest BCUT2D eigenvalue weighted by Gasteiger charge is 3.00. The minimum absolute atomic E-state index is 0.0171. The van der Waals surface area contributed by atoms with E-state index in [1.807, 2.05) is 0 Å². The summed E-state index contributed by atoms with van der Waals surface area (Å²) in [5, 5.41) is 12.0. The minimum atomic E-state index is -1.15. The molecular formula is C21H24O6. The zero-order valence-electron chi connectivity index (χ0n) is 15.8. The Kier molecular flexibility index (Phi) is 2.21. The van der Waals surface area contributed by atoms with Crippen LogP contribution in [0.3, 0.4) is 0 Å². The van der Waals surface area contributed by atoms with E-state index in [1.165, 1.54) is 0 Å². The topological polar surface area (TPSA) is 84.1 Å². The summed E-state index contributed by atoms with van der Waals surface area (Å²) in [7, 11) is 0. The third kappa shape index (κ3) is 1.17. The first-order valence-electron chi connectivity index (χ1n) is 10.1. The van der Waals surface area contributed by atoms with E-state index >= 15 is 0 Å².